The van der Waals surface area contributed by atoms with E-state index >= 15 is 0 Å². The zero-order valence-corrected chi connectivity index (χ0v) is 18.8. The van der Waals surface area contributed by atoms with E-state index < -0.39 is 29.6 Å². The van der Waals surface area contributed by atoms with Crippen LogP contribution in [0.1, 0.15) is 34.6 Å². The molecule has 1 atom stereocenters. The van der Waals surface area contributed by atoms with Gasteiger partial charge in [0, 0.05) is 41.0 Å². The highest BCUT2D eigenvalue weighted by atomic mass is 19.1. The van der Waals surface area contributed by atoms with Crippen LogP contribution in [0.25, 0.3) is 0 Å². The molecule has 2 N–H and O–H groups in total. The smallest absolute Gasteiger partial charge is 0.410 e. The van der Waals surface area contributed by atoms with Gasteiger partial charge in [0.25, 0.3) is 0 Å². The van der Waals surface area contributed by atoms with Gasteiger partial charge in [-0.1, -0.05) is 30.3 Å². The monoisotopic (exact) mass is 443 g/mol. The number of piperazine rings is 1. The molecule has 6 nitrogen and oxygen atoms in total. The molecule has 1 fully saturated rings. The SMILES string of the molecule is [2H]C([2H])(c1ccccc1)C(N)C(=O)Cc1cc(F)ccc1N1CCN(C(=O)OC(C)(C)C)CC1. The first-order valence-electron chi connectivity index (χ1n) is 11.7. The molecule has 0 spiro atoms. The fraction of sp³-hybridized carbons (Fsp3) is 0.440. The predicted octanol–water partition coefficient (Wildman–Crippen LogP) is 3.56. The number of hydrogen-bond donors (Lipinski definition) is 1. The van der Waals surface area contributed by atoms with Crippen LogP contribution in [0.5, 0.6) is 0 Å². The molecule has 0 saturated carbocycles. The Morgan fingerprint density at radius 1 is 1.12 bits per heavy atom. The maximum Gasteiger partial charge on any atom is 0.410 e. The standard InChI is InChI=1S/C25H32FN3O3/c1-25(2,3)32-24(31)29-13-11-28(12-14-29)22-10-9-20(26)16-19(22)17-23(30)21(27)15-18-7-5-4-6-8-18/h4-10,16,21H,11-15,17,27H2,1-3H3/i15D2. The van der Waals surface area contributed by atoms with Gasteiger partial charge in [-0.3, -0.25) is 4.79 Å². The van der Waals surface area contributed by atoms with E-state index in [9.17, 15) is 14.0 Å². The summed E-state index contributed by atoms with van der Waals surface area (Å²) >= 11 is 0. The predicted molar refractivity (Wildman–Crippen MR) is 123 cm³/mol. The van der Waals surface area contributed by atoms with Gasteiger partial charge in [-0.25, -0.2) is 9.18 Å². The Bertz CT molecular complexity index is 1020. The van der Waals surface area contributed by atoms with Crippen molar-refractivity contribution in [1.82, 2.24) is 4.90 Å². The summed E-state index contributed by atoms with van der Waals surface area (Å²) in [6.45, 7) is 7.27. The fourth-order valence-corrected chi connectivity index (χ4v) is 3.55. The van der Waals surface area contributed by atoms with Crippen LogP contribution in [0.4, 0.5) is 14.9 Å². The normalized spacial score (nSPS) is 16.8. The lowest BCUT2D eigenvalue weighted by Gasteiger charge is -2.37. The number of ketones is 1. The van der Waals surface area contributed by atoms with Crippen LogP contribution in [0.3, 0.4) is 0 Å². The van der Waals surface area contributed by atoms with Gasteiger partial charge in [-0.15, -0.1) is 0 Å². The molecular formula is C25H32FN3O3. The molecule has 0 radical (unpaired) electrons. The lowest BCUT2D eigenvalue weighted by Crippen LogP contribution is -2.50. The number of benzene rings is 2. The van der Waals surface area contributed by atoms with Gasteiger partial charge in [0.1, 0.15) is 11.4 Å². The van der Waals surface area contributed by atoms with E-state index in [4.69, 9.17) is 13.2 Å². The van der Waals surface area contributed by atoms with Crippen molar-refractivity contribution in [3.8, 4) is 0 Å². The van der Waals surface area contributed by atoms with Gasteiger partial charge >= 0.3 is 6.09 Å². The highest BCUT2D eigenvalue weighted by Crippen LogP contribution is 2.25. The second-order valence-corrected chi connectivity index (χ2v) is 8.86. The van der Waals surface area contributed by atoms with Gasteiger partial charge in [0.15, 0.2) is 5.78 Å². The average Bonchev–Trinajstić information content (AvgIpc) is 2.78. The van der Waals surface area contributed by atoms with E-state index in [1.54, 1.807) is 41.3 Å². The van der Waals surface area contributed by atoms with Crippen LogP contribution >= 0.6 is 0 Å². The summed E-state index contributed by atoms with van der Waals surface area (Å²) in [6, 6.07) is 11.1. The summed E-state index contributed by atoms with van der Waals surface area (Å²) in [7, 11) is 0. The third kappa shape index (κ3) is 6.53. The minimum absolute atomic E-state index is 0.202. The Labute approximate surface area is 191 Å². The van der Waals surface area contributed by atoms with Crippen molar-refractivity contribution in [3.05, 3.63) is 65.5 Å². The summed E-state index contributed by atoms with van der Waals surface area (Å²) in [4.78, 5) is 28.9. The topological polar surface area (TPSA) is 75.9 Å². The zero-order chi connectivity index (χ0) is 25.1. The second-order valence-electron chi connectivity index (χ2n) is 8.86. The van der Waals surface area contributed by atoms with Gasteiger partial charge in [0.05, 0.1) is 6.04 Å². The highest BCUT2D eigenvalue weighted by molar-refractivity contribution is 5.87. The zero-order valence-electron chi connectivity index (χ0n) is 20.8. The Morgan fingerprint density at radius 2 is 1.78 bits per heavy atom. The van der Waals surface area contributed by atoms with E-state index in [1.807, 2.05) is 25.7 Å². The molecule has 1 aliphatic rings. The molecule has 0 aromatic heterocycles. The summed E-state index contributed by atoms with van der Waals surface area (Å²) in [6.07, 6.45) is -2.65. The molecule has 1 amide bonds. The largest absolute Gasteiger partial charge is 0.444 e. The van der Waals surface area contributed by atoms with Crippen molar-refractivity contribution in [2.75, 3.05) is 31.1 Å². The molecule has 3 rings (SSSR count). The molecule has 1 unspecified atom stereocenters. The molecule has 32 heavy (non-hydrogen) atoms. The van der Waals surface area contributed by atoms with Crippen molar-refractivity contribution in [1.29, 1.82) is 0 Å². The number of Topliss-reactive ketones (excluding diaryl/α,β-unsaturated/α-hetero) is 1. The lowest BCUT2D eigenvalue weighted by atomic mass is 9.97. The van der Waals surface area contributed by atoms with E-state index in [0.29, 0.717) is 43.0 Å². The van der Waals surface area contributed by atoms with Gasteiger partial charge in [0.2, 0.25) is 0 Å². The number of nitrogens with zero attached hydrogens (tertiary/aromatic N) is 2. The number of ether oxygens (including phenoxy) is 1. The lowest BCUT2D eigenvalue weighted by molar-refractivity contribution is -0.119. The summed E-state index contributed by atoms with van der Waals surface area (Å²) < 4.78 is 36.3. The first-order chi connectivity index (χ1) is 15.9. The number of rotatable bonds is 6. The number of amides is 1. The number of nitrogens with two attached hydrogens (primary N) is 1. The number of carbonyl (C=O) groups is 2. The number of anilines is 1. The van der Waals surface area contributed by atoms with Gasteiger partial charge in [-0.2, -0.15) is 0 Å². The molecule has 1 saturated heterocycles. The van der Waals surface area contributed by atoms with Crippen LogP contribution in [-0.2, 0) is 22.3 Å². The molecular weight excluding hydrogens is 409 g/mol. The molecule has 2 aromatic carbocycles. The van der Waals surface area contributed by atoms with Crippen LogP contribution in [0, 0.1) is 5.82 Å². The Kier molecular flexibility index (Phi) is 6.63. The molecule has 0 bridgehead atoms. The molecule has 7 heteroatoms. The molecule has 0 aliphatic carbocycles. The Morgan fingerprint density at radius 3 is 2.41 bits per heavy atom. The molecule has 1 aliphatic heterocycles. The molecule has 1 heterocycles. The first-order valence-corrected chi connectivity index (χ1v) is 10.7. The third-order valence-corrected chi connectivity index (χ3v) is 5.12. The van der Waals surface area contributed by atoms with Gasteiger partial charge < -0.3 is 20.3 Å². The Balaban J connectivity index is 1.72. The van der Waals surface area contributed by atoms with Gasteiger partial charge in [-0.05, 0) is 56.5 Å². The van der Waals surface area contributed by atoms with E-state index in [-0.39, 0.29) is 12.5 Å². The highest BCUT2D eigenvalue weighted by Gasteiger charge is 2.27. The van der Waals surface area contributed by atoms with Crippen molar-refractivity contribution in [3.63, 3.8) is 0 Å². The minimum atomic E-state index is -2.06. The van der Waals surface area contributed by atoms with E-state index in [0.717, 1.165) is 0 Å². The van der Waals surface area contributed by atoms with Crippen LogP contribution < -0.4 is 10.6 Å². The number of halogens is 1. The van der Waals surface area contributed by atoms with Crippen LogP contribution in [0.2, 0.25) is 0 Å². The fourth-order valence-electron chi connectivity index (χ4n) is 3.55. The van der Waals surface area contributed by atoms with Crippen LogP contribution in [-0.4, -0.2) is 54.6 Å². The van der Waals surface area contributed by atoms with Crippen molar-refractivity contribution >= 4 is 17.6 Å². The summed E-state index contributed by atoms with van der Waals surface area (Å²) in [5.41, 5.74) is 6.90. The molecule has 2 aromatic rings. The van der Waals surface area contributed by atoms with Crippen molar-refractivity contribution in [2.45, 2.75) is 45.2 Å². The third-order valence-electron chi connectivity index (χ3n) is 5.12. The van der Waals surface area contributed by atoms with Crippen molar-refractivity contribution < 1.29 is 21.5 Å². The summed E-state index contributed by atoms with van der Waals surface area (Å²) in [5, 5.41) is 0. The number of hydrogen-bond acceptors (Lipinski definition) is 5. The van der Waals surface area contributed by atoms with E-state index in [2.05, 4.69) is 0 Å². The van der Waals surface area contributed by atoms with Crippen LogP contribution in [0.15, 0.2) is 48.5 Å². The van der Waals surface area contributed by atoms with Crippen molar-refractivity contribution in [2.24, 2.45) is 5.73 Å². The summed E-state index contributed by atoms with van der Waals surface area (Å²) in [5.74, 6) is -1.01. The maximum atomic E-state index is 14.1. The maximum absolute atomic E-state index is 14.1. The minimum Gasteiger partial charge on any atom is -0.444 e. The first kappa shape index (κ1) is 20.9. The Hall–Kier alpha value is -2.93. The number of carbonyl (C=O) groups excluding carboxylic acids is 2. The molecule has 172 valence electrons. The quantitative estimate of drug-likeness (QED) is 0.739. The second kappa shape index (κ2) is 10.1. The van der Waals surface area contributed by atoms with E-state index in [1.165, 1.54) is 12.1 Å². The average molecular weight is 444 g/mol.